The van der Waals surface area contributed by atoms with Crippen LogP contribution in [0.1, 0.15) is 19.7 Å². The number of benzene rings is 1. The van der Waals surface area contributed by atoms with Crippen LogP contribution in [0.15, 0.2) is 24.3 Å². The van der Waals surface area contributed by atoms with Crippen LogP contribution in [0.3, 0.4) is 0 Å². The van der Waals surface area contributed by atoms with Crippen LogP contribution >= 0.6 is 27.5 Å². The quantitative estimate of drug-likeness (QED) is 0.789. The molecule has 1 aromatic carbocycles. The summed E-state index contributed by atoms with van der Waals surface area (Å²) in [4.78, 5) is 0. The molecular weight excluding hydrogens is 314 g/mol. The van der Waals surface area contributed by atoms with Gasteiger partial charge in [0.15, 0.2) is 5.82 Å². The standard InChI is InChI=1S/C13H15BrClN3/c1-9(2)8-18-12(7-14)16-17-13(18)10-5-3-4-6-11(10)15/h3-6,9H,7-8H2,1-2H3. The van der Waals surface area contributed by atoms with Gasteiger partial charge in [0, 0.05) is 12.1 Å². The van der Waals surface area contributed by atoms with Crippen molar-refractivity contribution in [3.63, 3.8) is 0 Å². The topological polar surface area (TPSA) is 30.7 Å². The normalized spacial score (nSPS) is 11.2. The summed E-state index contributed by atoms with van der Waals surface area (Å²) in [6.07, 6.45) is 0. The van der Waals surface area contributed by atoms with Crippen molar-refractivity contribution in [2.75, 3.05) is 0 Å². The minimum absolute atomic E-state index is 0.528. The molecule has 0 aliphatic heterocycles. The van der Waals surface area contributed by atoms with Crippen LogP contribution in [0, 0.1) is 5.92 Å². The van der Waals surface area contributed by atoms with Crippen LogP contribution < -0.4 is 0 Å². The largest absolute Gasteiger partial charge is 0.310 e. The Labute approximate surface area is 120 Å². The average molecular weight is 329 g/mol. The van der Waals surface area contributed by atoms with Crippen molar-refractivity contribution < 1.29 is 0 Å². The Hall–Kier alpha value is -0.870. The molecule has 96 valence electrons. The molecule has 0 N–H and O–H groups in total. The van der Waals surface area contributed by atoms with Gasteiger partial charge in [-0.3, -0.25) is 0 Å². The molecule has 0 saturated carbocycles. The summed E-state index contributed by atoms with van der Waals surface area (Å²) in [6, 6.07) is 7.73. The average Bonchev–Trinajstić information content (AvgIpc) is 2.72. The van der Waals surface area contributed by atoms with E-state index in [2.05, 4.69) is 44.5 Å². The third kappa shape index (κ3) is 2.75. The van der Waals surface area contributed by atoms with E-state index in [0.717, 1.165) is 23.8 Å². The van der Waals surface area contributed by atoms with Gasteiger partial charge in [-0.05, 0) is 18.1 Å². The van der Waals surface area contributed by atoms with Gasteiger partial charge in [0.2, 0.25) is 0 Å². The molecule has 0 atom stereocenters. The lowest BCUT2D eigenvalue weighted by atomic mass is 10.2. The Morgan fingerprint density at radius 3 is 2.61 bits per heavy atom. The van der Waals surface area contributed by atoms with E-state index in [4.69, 9.17) is 11.6 Å². The molecule has 0 unspecified atom stereocenters. The number of hydrogen-bond donors (Lipinski definition) is 0. The fourth-order valence-corrected chi connectivity index (χ4v) is 2.47. The first kappa shape index (κ1) is 13.6. The van der Waals surface area contributed by atoms with Gasteiger partial charge in [0.1, 0.15) is 5.82 Å². The number of nitrogens with zero attached hydrogens (tertiary/aromatic N) is 3. The molecule has 3 nitrogen and oxygen atoms in total. The van der Waals surface area contributed by atoms with Crippen LogP contribution in [0.5, 0.6) is 0 Å². The molecule has 0 fully saturated rings. The molecule has 0 radical (unpaired) electrons. The third-order valence-corrected chi connectivity index (χ3v) is 3.44. The zero-order chi connectivity index (χ0) is 13.1. The van der Waals surface area contributed by atoms with Crippen molar-refractivity contribution >= 4 is 27.5 Å². The van der Waals surface area contributed by atoms with Gasteiger partial charge < -0.3 is 4.57 Å². The predicted molar refractivity (Wildman–Crippen MR) is 77.9 cm³/mol. The molecule has 0 amide bonds. The van der Waals surface area contributed by atoms with E-state index < -0.39 is 0 Å². The zero-order valence-corrected chi connectivity index (χ0v) is 12.7. The van der Waals surface area contributed by atoms with Crippen LogP contribution in [0.2, 0.25) is 5.02 Å². The van der Waals surface area contributed by atoms with Gasteiger partial charge in [-0.15, -0.1) is 10.2 Å². The highest BCUT2D eigenvalue weighted by Gasteiger charge is 2.15. The van der Waals surface area contributed by atoms with Gasteiger partial charge in [0.25, 0.3) is 0 Å². The molecular formula is C13H15BrClN3. The molecule has 2 aromatic rings. The van der Waals surface area contributed by atoms with Crippen LogP contribution in [0.4, 0.5) is 0 Å². The highest BCUT2D eigenvalue weighted by Crippen LogP contribution is 2.27. The van der Waals surface area contributed by atoms with Gasteiger partial charge in [-0.1, -0.05) is 53.5 Å². The summed E-state index contributed by atoms with van der Waals surface area (Å²) in [7, 11) is 0. The summed E-state index contributed by atoms with van der Waals surface area (Å²) in [5.41, 5.74) is 0.930. The molecule has 0 saturated heterocycles. The minimum atomic E-state index is 0.528. The van der Waals surface area contributed by atoms with E-state index in [1.165, 1.54) is 0 Å². The third-order valence-electron chi connectivity index (χ3n) is 2.61. The van der Waals surface area contributed by atoms with E-state index in [9.17, 15) is 0 Å². The summed E-state index contributed by atoms with van der Waals surface area (Å²) >= 11 is 9.67. The van der Waals surface area contributed by atoms with Crippen molar-refractivity contribution in [2.24, 2.45) is 5.92 Å². The summed E-state index contributed by atoms with van der Waals surface area (Å²) in [5, 5.41) is 9.88. The Bertz CT molecular complexity index is 537. The molecule has 0 aliphatic rings. The fraction of sp³-hybridized carbons (Fsp3) is 0.385. The maximum absolute atomic E-state index is 6.23. The Morgan fingerprint density at radius 1 is 1.28 bits per heavy atom. The second kappa shape index (κ2) is 5.85. The fourth-order valence-electron chi connectivity index (χ4n) is 1.83. The monoisotopic (exact) mass is 327 g/mol. The van der Waals surface area contributed by atoms with E-state index in [1.54, 1.807) is 0 Å². The van der Waals surface area contributed by atoms with E-state index >= 15 is 0 Å². The predicted octanol–water partition coefficient (Wildman–Crippen LogP) is 4.15. The van der Waals surface area contributed by atoms with Gasteiger partial charge in [-0.25, -0.2) is 0 Å². The number of aromatic nitrogens is 3. The maximum atomic E-state index is 6.23. The first-order valence-electron chi connectivity index (χ1n) is 5.86. The Kier molecular flexibility index (Phi) is 4.40. The molecule has 18 heavy (non-hydrogen) atoms. The number of halogens is 2. The smallest absolute Gasteiger partial charge is 0.165 e. The van der Waals surface area contributed by atoms with Crippen LogP contribution in [-0.2, 0) is 11.9 Å². The van der Waals surface area contributed by atoms with Gasteiger partial charge in [0.05, 0.1) is 10.4 Å². The van der Waals surface area contributed by atoms with Gasteiger partial charge in [-0.2, -0.15) is 0 Å². The first-order valence-corrected chi connectivity index (χ1v) is 7.36. The SMILES string of the molecule is CC(C)Cn1c(CBr)nnc1-c1ccccc1Cl. The van der Waals surface area contributed by atoms with E-state index in [1.807, 2.05) is 24.3 Å². The molecule has 1 aromatic heterocycles. The van der Waals surface area contributed by atoms with Crippen molar-refractivity contribution in [3.05, 3.63) is 35.1 Å². The Morgan fingerprint density at radius 2 is 2.00 bits per heavy atom. The van der Waals surface area contributed by atoms with Gasteiger partial charge >= 0.3 is 0 Å². The number of alkyl halides is 1. The van der Waals surface area contributed by atoms with E-state index in [0.29, 0.717) is 16.3 Å². The number of rotatable bonds is 4. The highest BCUT2D eigenvalue weighted by atomic mass is 79.9. The molecule has 0 bridgehead atoms. The minimum Gasteiger partial charge on any atom is -0.310 e. The van der Waals surface area contributed by atoms with Crippen molar-refractivity contribution in [3.8, 4) is 11.4 Å². The van der Waals surface area contributed by atoms with Crippen molar-refractivity contribution in [2.45, 2.75) is 25.7 Å². The van der Waals surface area contributed by atoms with Crippen molar-refractivity contribution in [1.82, 2.24) is 14.8 Å². The Balaban J connectivity index is 2.51. The molecule has 5 heteroatoms. The number of hydrogen-bond acceptors (Lipinski definition) is 2. The maximum Gasteiger partial charge on any atom is 0.165 e. The van der Waals surface area contributed by atoms with E-state index in [-0.39, 0.29) is 0 Å². The second-order valence-corrected chi connectivity index (χ2v) is 5.53. The summed E-state index contributed by atoms with van der Waals surface area (Å²) < 4.78 is 2.13. The molecule has 2 rings (SSSR count). The van der Waals surface area contributed by atoms with Crippen LogP contribution in [-0.4, -0.2) is 14.8 Å². The summed E-state index contributed by atoms with van der Waals surface area (Å²) in [6.45, 7) is 5.23. The first-order chi connectivity index (χ1) is 8.63. The molecule has 1 heterocycles. The summed E-state index contributed by atoms with van der Waals surface area (Å²) in [5.74, 6) is 2.29. The molecule has 0 spiro atoms. The highest BCUT2D eigenvalue weighted by molar-refractivity contribution is 9.08. The zero-order valence-electron chi connectivity index (χ0n) is 10.4. The van der Waals surface area contributed by atoms with Crippen LogP contribution in [0.25, 0.3) is 11.4 Å². The lowest BCUT2D eigenvalue weighted by Gasteiger charge is -2.12. The second-order valence-electron chi connectivity index (χ2n) is 4.56. The lowest BCUT2D eigenvalue weighted by molar-refractivity contribution is 0.516. The lowest BCUT2D eigenvalue weighted by Crippen LogP contribution is -2.09. The molecule has 0 aliphatic carbocycles. The van der Waals surface area contributed by atoms with Crippen molar-refractivity contribution in [1.29, 1.82) is 0 Å².